The van der Waals surface area contributed by atoms with Gasteiger partial charge in [-0.15, -0.1) is 0 Å². The van der Waals surface area contributed by atoms with E-state index in [2.05, 4.69) is 20.9 Å². The summed E-state index contributed by atoms with van der Waals surface area (Å²) in [5.74, 6) is -0.105. The van der Waals surface area contributed by atoms with Gasteiger partial charge in [-0.1, -0.05) is 18.2 Å². The Morgan fingerprint density at radius 2 is 1.94 bits per heavy atom. The van der Waals surface area contributed by atoms with Crippen LogP contribution in [0.25, 0.3) is 0 Å². The number of rotatable bonds is 2. The number of aromatic nitrogens is 1. The minimum Gasteiger partial charge on any atom is -0.310 e. The van der Waals surface area contributed by atoms with E-state index in [1.54, 1.807) is 18.1 Å². The van der Waals surface area contributed by atoms with Gasteiger partial charge in [0.2, 0.25) is 0 Å². The molecule has 1 aromatic heterocycles. The molecule has 0 unspecified atom stereocenters. The second kappa shape index (κ2) is 5.31. The highest BCUT2D eigenvalue weighted by Gasteiger charge is 2.16. The molecule has 4 heteroatoms. The average Bonchev–Trinajstić information content (AvgIpc) is 2.38. The fraction of sp³-hybridized carbons (Fsp3) is 0.143. The molecule has 0 radical (unpaired) electrons. The molecule has 1 heterocycles. The van der Waals surface area contributed by atoms with Gasteiger partial charge in [0.1, 0.15) is 5.69 Å². The molecule has 1 amide bonds. The van der Waals surface area contributed by atoms with E-state index in [-0.39, 0.29) is 5.91 Å². The van der Waals surface area contributed by atoms with E-state index in [1.807, 2.05) is 43.3 Å². The Morgan fingerprint density at radius 1 is 1.28 bits per heavy atom. The van der Waals surface area contributed by atoms with E-state index in [9.17, 15) is 4.79 Å². The summed E-state index contributed by atoms with van der Waals surface area (Å²) in [6.07, 6.45) is 1.64. The van der Waals surface area contributed by atoms with Gasteiger partial charge in [0.25, 0.3) is 5.91 Å². The lowest BCUT2D eigenvalue weighted by atomic mass is 10.2. The topological polar surface area (TPSA) is 33.2 Å². The van der Waals surface area contributed by atoms with Crippen LogP contribution in [0.2, 0.25) is 0 Å². The second-order valence-corrected chi connectivity index (χ2v) is 4.93. The molecule has 3 nitrogen and oxygen atoms in total. The first-order valence-electron chi connectivity index (χ1n) is 5.55. The number of pyridine rings is 1. The van der Waals surface area contributed by atoms with Crippen molar-refractivity contribution in [1.29, 1.82) is 0 Å². The number of hydrogen-bond donors (Lipinski definition) is 0. The van der Waals surface area contributed by atoms with Crippen LogP contribution in [0.1, 0.15) is 16.1 Å². The Balaban J connectivity index is 2.32. The molecule has 0 aliphatic rings. The molecule has 0 bridgehead atoms. The Kier molecular flexibility index (Phi) is 3.77. The summed E-state index contributed by atoms with van der Waals surface area (Å²) in [4.78, 5) is 18.1. The average molecular weight is 305 g/mol. The van der Waals surface area contributed by atoms with Gasteiger partial charge < -0.3 is 4.90 Å². The molecular formula is C14H13BrN2O. The van der Waals surface area contributed by atoms with E-state index < -0.39 is 0 Å². The van der Waals surface area contributed by atoms with E-state index in [4.69, 9.17) is 0 Å². The molecule has 0 spiro atoms. The van der Waals surface area contributed by atoms with Crippen LogP contribution in [0.15, 0.2) is 47.1 Å². The second-order valence-electron chi connectivity index (χ2n) is 4.02. The summed E-state index contributed by atoms with van der Waals surface area (Å²) < 4.78 is 0.874. The molecule has 0 aliphatic heterocycles. The lowest BCUT2D eigenvalue weighted by molar-refractivity contribution is 0.0987. The molecule has 18 heavy (non-hydrogen) atoms. The summed E-state index contributed by atoms with van der Waals surface area (Å²) in [6, 6.07) is 11.4. The highest BCUT2D eigenvalue weighted by Crippen LogP contribution is 2.18. The highest BCUT2D eigenvalue weighted by atomic mass is 79.9. The van der Waals surface area contributed by atoms with Crippen molar-refractivity contribution in [2.45, 2.75) is 6.92 Å². The van der Waals surface area contributed by atoms with Gasteiger partial charge in [-0.2, -0.15) is 0 Å². The monoisotopic (exact) mass is 304 g/mol. The Hall–Kier alpha value is -1.68. The Morgan fingerprint density at radius 3 is 2.56 bits per heavy atom. The van der Waals surface area contributed by atoms with Gasteiger partial charge in [-0.3, -0.25) is 4.79 Å². The SMILES string of the molecule is Cc1cc(Br)cnc1C(=O)N(C)c1ccccc1. The van der Waals surface area contributed by atoms with Crippen LogP contribution >= 0.6 is 15.9 Å². The minimum atomic E-state index is -0.105. The largest absolute Gasteiger partial charge is 0.310 e. The number of halogens is 1. The fourth-order valence-corrected chi connectivity index (χ4v) is 2.14. The van der Waals surface area contributed by atoms with Gasteiger partial charge in [0.05, 0.1) is 0 Å². The van der Waals surface area contributed by atoms with Crippen LogP contribution in [0.4, 0.5) is 5.69 Å². The number of carbonyl (C=O) groups excluding carboxylic acids is 1. The van der Waals surface area contributed by atoms with Gasteiger partial charge in [-0.25, -0.2) is 4.98 Å². The number of amides is 1. The van der Waals surface area contributed by atoms with Crippen molar-refractivity contribution in [2.24, 2.45) is 0 Å². The van der Waals surface area contributed by atoms with Crippen molar-refractivity contribution >= 4 is 27.5 Å². The van der Waals surface area contributed by atoms with Crippen molar-refractivity contribution in [1.82, 2.24) is 4.98 Å². The summed E-state index contributed by atoms with van der Waals surface area (Å²) in [7, 11) is 1.75. The highest BCUT2D eigenvalue weighted by molar-refractivity contribution is 9.10. The summed E-state index contributed by atoms with van der Waals surface area (Å²) in [5, 5.41) is 0. The summed E-state index contributed by atoms with van der Waals surface area (Å²) >= 11 is 3.34. The van der Waals surface area contributed by atoms with E-state index in [1.165, 1.54) is 0 Å². The Bertz CT molecular complexity index is 569. The zero-order valence-corrected chi connectivity index (χ0v) is 11.8. The van der Waals surface area contributed by atoms with Gasteiger partial charge in [0.15, 0.2) is 0 Å². The Labute approximate surface area is 115 Å². The molecule has 1 aromatic carbocycles. The van der Waals surface area contributed by atoms with Crippen LogP contribution in [0.5, 0.6) is 0 Å². The lowest BCUT2D eigenvalue weighted by Gasteiger charge is -2.17. The first-order chi connectivity index (χ1) is 8.59. The first kappa shape index (κ1) is 12.8. The standard InChI is InChI=1S/C14H13BrN2O/c1-10-8-11(15)9-16-13(10)14(18)17(2)12-6-4-3-5-7-12/h3-9H,1-2H3. The normalized spacial score (nSPS) is 10.2. The van der Waals surface area contributed by atoms with Gasteiger partial charge >= 0.3 is 0 Å². The van der Waals surface area contributed by atoms with Crippen LogP contribution in [0, 0.1) is 6.92 Å². The molecular weight excluding hydrogens is 292 g/mol. The number of para-hydroxylation sites is 1. The van der Waals surface area contributed by atoms with Crippen molar-refractivity contribution < 1.29 is 4.79 Å². The number of carbonyl (C=O) groups is 1. The molecule has 0 saturated carbocycles. The smallest absolute Gasteiger partial charge is 0.276 e. The lowest BCUT2D eigenvalue weighted by Crippen LogP contribution is -2.27. The van der Waals surface area contributed by atoms with Crippen LogP contribution < -0.4 is 4.90 Å². The molecule has 2 rings (SSSR count). The third-order valence-electron chi connectivity index (χ3n) is 2.70. The van der Waals surface area contributed by atoms with Crippen molar-refractivity contribution in [2.75, 3.05) is 11.9 Å². The third-order valence-corrected chi connectivity index (χ3v) is 3.13. The van der Waals surface area contributed by atoms with Crippen molar-refractivity contribution in [3.8, 4) is 0 Å². The van der Waals surface area contributed by atoms with Crippen LogP contribution in [-0.4, -0.2) is 17.9 Å². The summed E-state index contributed by atoms with van der Waals surface area (Å²) in [5.41, 5.74) is 2.19. The van der Waals surface area contributed by atoms with Crippen molar-refractivity contribution in [3.63, 3.8) is 0 Å². The molecule has 0 saturated heterocycles. The number of benzene rings is 1. The van der Waals surface area contributed by atoms with E-state index >= 15 is 0 Å². The maximum Gasteiger partial charge on any atom is 0.276 e. The van der Waals surface area contributed by atoms with Crippen LogP contribution in [-0.2, 0) is 0 Å². The maximum absolute atomic E-state index is 12.3. The molecule has 0 aliphatic carbocycles. The molecule has 0 N–H and O–H groups in total. The molecule has 0 fully saturated rings. The van der Waals surface area contributed by atoms with Crippen LogP contribution in [0.3, 0.4) is 0 Å². The van der Waals surface area contributed by atoms with Gasteiger partial charge in [0, 0.05) is 23.4 Å². The predicted molar refractivity (Wildman–Crippen MR) is 75.8 cm³/mol. The van der Waals surface area contributed by atoms with E-state index in [0.29, 0.717) is 5.69 Å². The molecule has 2 aromatic rings. The number of anilines is 1. The van der Waals surface area contributed by atoms with Crippen molar-refractivity contribution in [3.05, 3.63) is 58.3 Å². The number of nitrogens with zero attached hydrogens (tertiary/aromatic N) is 2. The number of hydrogen-bond acceptors (Lipinski definition) is 2. The summed E-state index contributed by atoms with van der Waals surface area (Å²) in [6.45, 7) is 1.88. The zero-order valence-electron chi connectivity index (χ0n) is 10.2. The van der Waals surface area contributed by atoms with Gasteiger partial charge in [-0.05, 0) is 46.6 Å². The number of aryl methyl sites for hydroxylation is 1. The predicted octanol–water partition coefficient (Wildman–Crippen LogP) is 3.43. The zero-order chi connectivity index (χ0) is 13.1. The minimum absolute atomic E-state index is 0.105. The maximum atomic E-state index is 12.3. The third kappa shape index (κ3) is 2.59. The molecule has 0 atom stereocenters. The van der Waals surface area contributed by atoms with E-state index in [0.717, 1.165) is 15.7 Å². The fourth-order valence-electron chi connectivity index (χ4n) is 1.69. The quantitative estimate of drug-likeness (QED) is 0.851. The molecule has 92 valence electrons. The first-order valence-corrected chi connectivity index (χ1v) is 6.34.